The largest absolute Gasteiger partial charge is 0.495 e. The van der Waals surface area contributed by atoms with Gasteiger partial charge in [0.15, 0.2) is 16.7 Å². The molecule has 5 rings (SSSR count). The van der Waals surface area contributed by atoms with Gasteiger partial charge in [-0.05, 0) is 54.4 Å². The summed E-state index contributed by atoms with van der Waals surface area (Å²) in [5, 5.41) is 0.772. The van der Waals surface area contributed by atoms with E-state index in [-0.39, 0.29) is 17.2 Å². The van der Waals surface area contributed by atoms with E-state index in [0.717, 1.165) is 17.0 Å². The lowest BCUT2D eigenvalue weighted by atomic mass is 10.1. The Hall–Kier alpha value is -4.71. The number of ether oxygens (including phenoxy) is 4. The average Bonchev–Trinajstić information content (AvgIpc) is 3.09. The van der Waals surface area contributed by atoms with Gasteiger partial charge in [-0.2, -0.15) is 0 Å². The van der Waals surface area contributed by atoms with Crippen LogP contribution in [0.5, 0.6) is 17.2 Å². The number of benzene rings is 3. The van der Waals surface area contributed by atoms with Crippen LogP contribution in [0.1, 0.15) is 15.9 Å². The molecule has 0 saturated carbocycles. The van der Waals surface area contributed by atoms with Crippen molar-refractivity contribution < 1.29 is 28.5 Å². The topological polar surface area (TPSA) is 112 Å². The lowest BCUT2D eigenvalue weighted by Gasteiger charge is -2.36. The highest BCUT2D eigenvalue weighted by Gasteiger charge is 2.24. The molecule has 1 aliphatic rings. The Morgan fingerprint density at radius 1 is 0.844 bits per heavy atom. The number of methoxy groups -OCH3 is 4. The number of esters is 1. The van der Waals surface area contributed by atoms with Crippen molar-refractivity contribution in [3.8, 4) is 17.2 Å². The first-order chi connectivity index (χ1) is 21.9. The second-order valence-electron chi connectivity index (χ2n) is 10.3. The normalized spacial score (nSPS) is 13.1. The molecule has 4 aromatic rings. The summed E-state index contributed by atoms with van der Waals surface area (Å²) >= 11 is 1.22. The van der Waals surface area contributed by atoms with Crippen LogP contribution in [-0.2, 0) is 22.5 Å². The Labute approximate surface area is 265 Å². The molecule has 0 N–H and O–H groups in total. The third-order valence-corrected chi connectivity index (χ3v) is 8.76. The van der Waals surface area contributed by atoms with Crippen LogP contribution in [0, 0.1) is 0 Å². The van der Waals surface area contributed by atoms with Crippen molar-refractivity contribution in [2.75, 3.05) is 65.3 Å². The molecule has 0 spiro atoms. The fourth-order valence-corrected chi connectivity index (χ4v) is 6.26. The van der Waals surface area contributed by atoms with Crippen LogP contribution >= 0.6 is 11.8 Å². The number of aromatic nitrogens is 2. The average molecular weight is 633 g/mol. The molecule has 1 amide bonds. The predicted octanol–water partition coefficient (Wildman–Crippen LogP) is 3.89. The van der Waals surface area contributed by atoms with E-state index in [1.807, 2.05) is 47.4 Å². The summed E-state index contributed by atoms with van der Waals surface area (Å²) in [5.74, 6) is 1.57. The van der Waals surface area contributed by atoms with Gasteiger partial charge in [0.1, 0.15) is 5.75 Å². The van der Waals surface area contributed by atoms with Crippen molar-refractivity contribution in [1.82, 2.24) is 14.5 Å². The molecule has 3 aromatic carbocycles. The Balaban J connectivity index is 1.35. The summed E-state index contributed by atoms with van der Waals surface area (Å²) in [4.78, 5) is 48.1. The monoisotopic (exact) mass is 632 g/mol. The minimum absolute atomic E-state index is 0.0382. The lowest BCUT2D eigenvalue weighted by Crippen LogP contribution is -2.49. The van der Waals surface area contributed by atoms with Gasteiger partial charge >= 0.3 is 5.97 Å². The zero-order valence-electron chi connectivity index (χ0n) is 25.8. The molecular weight excluding hydrogens is 596 g/mol. The van der Waals surface area contributed by atoms with Crippen LogP contribution in [0.15, 0.2) is 70.6 Å². The number of hydrogen-bond acceptors (Lipinski definition) is 10. The quantitative estimate of drug-likeness (QED) is 0.137. The van der Waals surface area contributed by atoms with E-state index < -0.39 is 5.97 Å². The van der Waals surface area contributed by atoms with Crippen molar-refractivity contribution in [1.29, 1.82) is 0 Å². The molecule has 1 aromatic heterocycles. The zero-order chi connectivity index (χ0) is 31.9. The first-order valence-corrected chi connectivity index (χ1v) is 15.5. The lowest BCUT2D eigenvalue weighted by molar-refractivity contribution is -0.128. The van der Waals surface area contributed by atoms with E-state index in [9.17, 15) is 14.4 Å². The van der Waals surface area contributed by atoms with Gasteiger partial charge in [0.05, 0.1) is 56.3 Å². The van der Waals surface area contributed by atoms with Gasteiger partial charge in [-0.15, -0.1) is 0 Å². The highest BCUT2D eigenvalue weighted by atomic mass is 32.2. The molecule has 1 aliphatic heterocycles. The SMILES string of the molecule is COC(=O)c1ccc2c(=O)n(CCc3ccc(OC)c(OC)c3)c(SCC(=O)N3CCN(c4ccccc4OC)CC3)nc2c1. The summed E-state index contributed by atoms with van der Waals surface area (Å²) in [6.07, 6.45) is 0.514. The fraction of sp³-hybridized carbons (Fsp3) is 0.333. The second-order valence-corrected chi connectivity index (χ2v) is 11.3. The molecular formula is C33H36N4O7S. The van der Waals surface area contributed by atoms with Crippen LogP contribution in [0.3, 0.4) is 0 Å². The van der Waals surface area contributed by atoms with Crippen molar-refractivity contribution in [3.63, 3.8) is 0 Å². The van der Waals surface area contributed by atoms with Crippen LogP contribution in [-0.4, -0.2) is 86.7 Å². The number of rotatable bonds is 11. The van der Waals surface area contributed by atoms with Gasteiger partial charge in [-0.25, -0.2) is 9.78 Å². The summed E-state index contributed by atoms with van der Waals surface area (Å²) < 4.78 is 22.7. The molecule has 1 saturated heterocycles. The van der Waals surface area contributed by atoms with Crippen LogP contribution in [0.4, 0.5) is 5.69 Å². The van der Waals surface area contributed by atoms with Gasteiger partial charge < -0.3 is 28.7 Å². The Morgan fingerprint density at radius 2 is 1.58 bits per heavy atom. The van der Waals surface area contributed by atoms with Gasteiger partial charge in [0.25, 0.3) is 5.56 Å². The minimum atomic E-state index is -0.520. The molecule has 11 nitrogen and oxygen atoms in total. The maximum absolute atomic E-state index is 13.8. The van der Waals surface area contributed by atoms with Gasteiger partial charge in [-0.1, -0.05) is 30.0 Å². The van der Waals surface area contributed by atoms with Gasteiger partial charge in [0, 0.05) is 32.7 Å². The molecule has 0 aliphatic carbocycles. The number of carbonyl (C=O) groups is 2. The van der Waals surface area contributed by atoms with Crippen molar-refractivity contribution >= 4 is 40.2 Å². The summed E-state index contributed by atoms with van der Waals surface area (Å²) in [6, 6.07) is 18.2. The Morgan fingerprint density at radius 3 is 2.29 bits per heavy atom. The fourth-order valence-electron chi connectivity index (χ4n) is 5.34. The second kappa shape index (κ2) is 14.4. The number of nitrogens with zero attached hydrogens (tertiary/aromatic N) is 4. The summed E-state index contributed by atoms with van der Waals surface area (Å²) in [6.45, 7) is 2.81. The zero-order valence-corrected chi connectivity index (χ0v) is 26.6. The van der Waals surface area contributed by atoms with Crippen molar-refractivity contribution in [2.24, 2.45) is 0 Å². The number of fused-ring (bicyclic) bond motifs is 1. The van der Waals surface area contributed by atoms with Gasteiger partial charge in [-0.3, -0.25) is 14.2 Å². The van der Waals surface area contributed by atoms with Gasteiger partial charge in [0.2, 0.25) is 5.91 Å². The molecule has 12 heteroatoms. The molecule has 0 unspecified atom stereocenters. The molecule has 45 heavy (non-hydrogen) atoms. The third kappa shape index (κ3) is 7.01. The van der Waals surface area contributed by atoms with Crippen molar-refractivity contribution in [2.45, 2.75) is 18.1 Å². The molecule has 0 radical (unpaired) electrons. The van der Waals surface area contributed by atoms with Crippen LogP contribution in [0.25, 0.3) is 10.9 Å². The van der Waals surface area contributed by atoms with Crippen LogP contribution in [0.2, 0.25) is 0 Å². The number of amides is 1. The first kappa shape index (κ1) is 31.7. The predicted molar refractivity (Wildman–Crippen MR) is 173 cm³/mol. The van der Waals surface area contributed by atoms with E-state index in [1.54, 1.807) is 44.1 Å². The molecule has 1 fully saturated rings. The van der Waals surface area contributed by atoms with Crippen LogP contribution < -0.4 is 24.7 Å². The maximum atomic E-state index is 13.8. The Kier molecular flexibility index (Phi) is 10.1. The van der Waals surface area contributed by atoms with Crippen molar-refractivity contribution in [3.05, 3.63) is 82.1 Å². The number of aryl methyl sites for hydroxylation is 1. The highest BCUT2D eigenvalue weighted by molar-refractivity contribution is 7.99. The first-order valence-electron chi connectivity index (χ1n) is 14.5. The number of piperazine rings is 1. The third-order valence-electron chi connectivity index (χ3n) is 7.80. The Bertz CT molecular complexity index is 1750. The van der Waals surface area contributed by atoms with E-state index in [2.05, 4.69) is 4.90 Å². The van der Waals surface area contributed by atoms with E-state index in [0.29, 0.717) is 72.3 Å². The van der Waals surface area contributed by atoms with E-state index in [1.165, 1.54) is 18.9 Å². The number of hydrogen-bond donors (Lipinski definition) is 0. The molecule has 0 bridgehead atoms. The molecule has 236 valence electrons. The maximum Gasteiger partial charge on any atom is 0.337 e. The molecule has 2 heterocycles. The number of anilines is 1. The molecule has 0 atom stereocenters. The standard InChI is InChI=1S/C33H36N4O7S/c1-41-27-8-6-5-7-26(27)35-15-17-36(18-16-35)30(38)21-45-33-34-25-20-23(32(40)44-4)10-11-24(25)31(39)37(33)14-13-22-9-12-28(42-2)29(19-22)43-3/h5-12,19-20H,13-18,21H2,1-4H3. The minimum Gasteiger partial charge on any atom is -0.495 e. The van der Waals surface area contributed by atoms with E-state index >= 15 is 0 Å². The highest BCUT2D eigenvalue weighted by Crippen LogP contribution is 2.30. The number of carbonyl (C=O) groups excluding carboxylic acids is 2. The summed E-state index contributed by atoms with van der Waals surface area (Å²) in [7, 11) is 6.11. The smallest absolute Gasteiger partial charge is 0.337 e. The number of thioether (sulfide) groups is 1. The van der Waals surface area contributed by atoms with E-state index in [4.69, 9.17) is 23.9 Å². The summed E-state index contributed by atoms with van der Waals surface area (Å²) in [5.41, 5.74) is 2.36. The number of para-hydroxylation sites is 2.